The monoisotopic (exact) mass is 291 g/mol. The molecule has 3 nitrogen and oxygen atoms in total. The van der Waals surface area contributed by atoms with E-state index < -0.39 is 0 Å². The highest BCUT2D eigenvalue weighted by molar-refractivity contribution is 5.78. The normalized spacial score (nSPS) is 23.8. The summed E-state index contributed by atoms with van der Waals surface area (Å²) in [6.07, 6.45) is 2.30. The fourth-order valence-corrected chi connectivity index (χ4v) is 3.14. The molecule has 1 aliphatic rings. The zero-order valence-corrected chi connectivity index (χ0v) is 12.6. The average molecular weight is 291 g/mol. The minimum Gasteiger partial charge on any atom is -0.459 e. The number of hydrogen-bond acceptors (Lipinski definition) is 3. The summed E-state index contributed by atoms with van der Waals surface area (Å²) in [5.41, 5.74) is 0.737. The molecule has 0 aliphatic carbocycles. The Hall–Kier alpha value is -1.39. The van der Waals surface area contributed by atoms with E-state index in [0.717, 1.165) is 42.7 Å². The molecule has 3 unspecified atom stereocenters. The third-order valence-corrected chi connectivity index (χ3v) is 4.28. The standard InChI is InChI=1S/C17H22FNO2/c1-3-7-19-17(14-6-8-20-11(14)2)16-10-12-9-13(18)4-5-15(12)21-16/h4-5,9-11,14,17,19H,3,6-8H2,1-2H3. The summed E-state index contributed by atoms with van der Waals surface area (Å²) in [5.74, 6) is 1.04. The van der Waals surface area contributed by atoms with E-state index in [2.05, 4.69) is 19.2 Å². The number of nitrogens with one attached hydrogen (secondary N) is 1. The Morgan fingerprint density at radius 3 is 2.95 bits per heavy atom. The Morgan fingerprint density at radius 1 is 1.38 bits per heavy atom. The summed E-state index contributed by atoms with van der Waals surface area (Å²) in [6.45, 7) is 5.98. The SMILES string of the molecule is CCCNC(c1cc2cc(F)ccc2o1)C1CCOC1C. The van der Waals surface area contributed by atoms with E-state index in [-0.39, 0.29) is 18.0 Å². The molecular formula is C17H22FNO2. The van der Waals surface area contributed by atoms with Gasteiger partial charge in [-0.25, -0.2) is 4.39 Å². The molecule has 0 radical (unpaired) electrons. The fourth-order valence-electron chi connectivity index (χ4n) is 3.14. The lowest BCUT2D eigenvalue weighted by Gasteiger charge is -2.25. The minimum absolute atomic E-state index is 0.123. The molecular weight excluding hydrogens is 269 g/mol. The predicted molar refractivity (Wildman–Crippen MR) is 80.7 cm³/mol. The average Bonchev–Trinajstić information content (AvgIpc) is 3.06. The molecule has 1 aliphatic heterocycles. The third kappa shape index (κ3) is 2.97. The van der Waals surface area contributed by atoms with Crippen LogP contribution < -0.4 is 5.32 Å². The topological polar surface area (TPSA) is 34.4 Å². The van der Waals surface area contributed by atoms with Crippen LogP contribution in [0.3, 0.4) is 0 Å². The van der Waals surface area contributed by atoms with Gasteiger partial charge in [-0.2, -0.15) is 0 Å². The zero-order chi connectivity index (χ0) is 14.8. The number of rotatable bonds is 5. The van der Waals surface area contributed by atoms with Crippen molar-refractivity contribution in [3.63, 3.8) is 0 Å². The molecule has 114 valence electrons. The van der Waals surface area contributed by atoms with Crippen LogP contribution in [0.25, 0.3) is 11.0 Å². The Bertz CT molecular complexity index is 610. The van der Waals surface area contributed by atoms with Gasteiger partial charge in [0.25, 0.3) is 0 Å². The first-order valence-electron chi connectivity index (χ1n) is 7.73. The van der Waals surface area contributed by atoms with E-state index in [4.69, 9.17) is 9.15 Å². The molecule has 1 N–H and O–H groups in total. The summed E-state index contributed by atoms with van der Waals surface area (Å²) in [6, 6.07) is 6.73. The molecule has 4 heteroatoms. The van der Waals surface area contributed by atoms with Crippen molar-refractivity contribution in [3.05, 3.63) is 35.8 Å². The Balaban J connectivity index is 1.93. The van der Waals surface area contributed by atoms with Crippen LogP contribution in [-0.4, -0.2) is 19.3 Å². The minimum atomic E-state index is -0.231. The van der Waals surface area contributed by atoms with Crippen LogP contribution in [0.1, 0.15) is 38.5 Å². The van der Waals surface area contributed by atoms with E-state index in [9.17, 15) is 4.39 Å². The van der Waals surface area contributed by atoms with Crippen LogP contribution in [0.15, 0.2) is 28.7 Å². The molecule has 0 spiro atoms. The second kappa shape index (κ2) is 6.16. The Labute approximate surface area is 124 Å². The molecule has 3 rings (SSSR count). The molecule has 21 heavy (non-hydrogen) atoms. The first kappa shape index (κ1) is 14.5. The lowest BCUT2D eigenvalue weighted by Crippen LogP contribution is -2.32. The highest BCUT2D eigenvalue weighted by Crippen LogP contribution is 2.35. The highest BCUT2D eigenvalue weighted by atomic mass is 19.1. The molecule has 0 bridgehead atoms. The van der Waals surface area contributed by atoms with Gasteiger partial charge in [0.05, 0.1) is 12.1 Å². The number of benzene rings is 1. The van der Waals surface area contributed by atoms with Crippen molar-refractivity contribution in [1.29, 1.82) is 0 Å². The van der Waals surface area contributed by atoms with Crippen LogP contribution in [-0.2, 0) is 4.74 Å². The van der Waals surface area contributed by atoms with Crippen LogP contribution in [0.5, 0.6) is 0 Å². The van der Waals surface area contributed by atoms with E-state index >= 15 is 0 Å². The maximum absolute atomic E-state index is 13.3. The van der Waals surface area contributed by atoms with E-state index in [1.54, 1.807) is 6.07 Å². The second-order valence-electron chi connectivity index (χ2n) is 5.79. The van der Waals surface area contributed by atoms with Crippen molar-refractivity contribution in [1.82, 2.24) is 5.32 Å². The molecule has 2 heterocycles. The lowest BCUT2D eigenvalue weighted by atomic mass is 9.91. The number of fused-ring (bicyclic) bond motifs is 1. The zero-order valence-electron chi connectivity index (χ0n) is 12.6. The first-order valence-corrected chi connectivity index (χ1v) is 7.73. The lowest BCUT2D eigenvalue weighted by molar-refractivity contribution is 0.0927. The van der Waals surface area contributed by atoms with Gasteiger partial charge in [-0.1, -0.05) is 6.92 Å². The molecule has 1 saturated heterocycles. The Kier molecular flexibility index (Phi) is 4.27. The van der Waals surface area contributed by atoms with Gasteiger partial charge in [0, 0.05) is 17.9 Å². The highest BCUT2D eigenvalue weighted by Gasteiger charge is 2.34. The van der Waals surface area contributed by atoms with Gasteiger partial charge in [0.1, 0.15) is 17.2 Å². The maximum Gasteiger partial charge on any atom is 0.134 e. The van der Waals surface area contributed by atoms with Gasteiger partial charge < -0.3 is 14.5 Å². The van der Waals surface area contributed by atoms with Crippen molar-refractivity contribution in [2.24, 2.45) is 5.92 Å². The van der Waals surface area contributed by atoms with Crippen LogP contribution >= 0.6 is 0 Å². The molecule has 0 saturated carbocycles. The first-order chi connectivity index (χ1) is 10.2. The Morgan fingerprint density at radius 2 is 2.24 bits per heavy atom. The summed E-state index contributed by atoms with van der Waals surface area (Å²) in [4.78, 5) is 0. The van der Waals surface area contributed by atoms with Crippen molar-refractivity contribution in [3.8, 4) is 0 Å². The van der Waals surface area contributed by atoms with Gasteiger partial charge in [-0.15, -0.1) is 0 Å². The van der Waals surface area contributed by atoms with E-state index in [1.165, 1.54) is 12.1 Å². The van der Waals surface area contributed by atoms with Gasteiger partial charge in [0.2, 0.25) is 0 Å². The predicted octanol–water partition coefficient (Wildman–Crippen LogP) is 4.04. The van der Waals surface area contributed by atoms with Gasteiger partial charge in [0.15, 0.2) is 0 Å². The summed E-state index contributed by atoms with van der Waals surface area (Å²) in [7, 11) is 0. The summed E-state index contributed by atoms with van der Waals surface area (Å²) < 4.78 is 25.0. The van der Waals surface area contributed by atoms with Crippen molar-refractivity contribution >= 4 is 11.0 Å². The van der Waals surface area contributed by atoms with Crippen LogP contribution in [0.2, 0.25) is 0 Å². The molecule has 1 aromatic heterocycles. The van der Waals surface area contributed by atoms with Crippen LogP contribution in [0.4, 0.5) is 4.39 Å². The fraction of sp³-hybridized carbons (Fsp3) is 0.529. The third-order valence-electron chi connectivity index (χ3n) is 4.28. The van der Waals surface area contributed by atoms with Crippen molar-refractivity contribution < 1.29 is 13.5 Å². The van der Waals surface area contributed by atoms with Crippen molar-refractivity contribution in [2.75, 3.05) is 13.2 Å². The van der Waals surface area contributed by atoms with Gasteiger partial charge in [-0.3, -0.25) is 0 Å². The number of ether oxygens (including phenoxy) is 1. The van der Waals surface area contributed by atoms with Crippen molar-refractivity contribution in [2.45, 2.75) is 38.8 Å². The van der Waals surface area contributed by atoms with E-state index in [1.807, 2.05) is 6.07 Å². The molecule has 1 aromatic carbocycles. The molecule has 2 aromatic rings. The van der Waals surface area contributed by atoms with Gasteiger partial charge >= 0.3 is 0 Å². The quantitative estimate of drug-likeness (QED) is 0.903. The molecule has 1 fully saturated rings. The summed E-state index contributed by atoms with van der Waals surface area (Å²) >= 11 is 0. The maximum atomic E-state index is 13.3. The number of furan rings is 1. The van der Waals surface area contributed by atoms with Crippen LogP contribution in [0, 0.1) is 11.7 Å². The molecule has 3 atom stereocenters. The number of hydrogen-bond donors (Lipinski definition) is 1. The van der Waals surface area contributed by atoms with Gasteiger partial charge in [-0.05, 0) is 50.6 Å². The summed E-state index contributed by atoms with van der Waals surface area (Å²) in [5, 5.41) is 4.39. The second-order valence-corrected chi connectivity index (χ2v) is 5.79. The number of halogens is 1. The molecule has 0 amide bonds. The van der Waals surface area contributed by atoms with E-state index in [0.29, 0.717) is 5.92 Å². The largest absolute Gasteiger partial charge is 0.459 e. The smallest absolute Gasteiger partial charge is 0.134 e.